The van der Waals surface area contributed by atoms with E-state index >= 15 is 0 Å². The van der Waals surface area contributed by atoms with Crippen LogP contribution in [-0.4, -0.2) is 35.6 Å². The Kier molecular flexibility index (Phi) is 5.24. The third-order valence-electron chi connectivity index (χ3n) is 5.06. The van der Waals surface area contributed by atoms with Gasteiger partial charge < -0.3 is 19.8 Å². The molecular weight excluding hydrogens is 422 g/mol. The van der Waals surface area contributed by atoms with Crippen LogP contribution in [0.1, 0.15) is 41.3 Å². The van der Waals surface area contributed by atoms with Crippen molar-refractivity contribution < 1.29 is 19.1 Å². The highest BCUT2D eigenvalue weighted by atomic mass is 32.1. The fraction of sp³-hybridized carbons (Fsp3) is 0.238. The molecule has 0 unspecified atom stereocenters. The summed E-state index contributed by atoms with van der Waals surface area (Å²) in [6, 6.07) is 6.64. The lowest BCUT2D eigenvalue weighted by atomic mass is 9.82. The van der Waals surface area contributed by atoms with Crippen molar-refractivity contribution in [3.63, 3.8) is 0 Å². The first-order valence-electron chi connectivity index (χ1n) is 9.47. The van der Waals surface area contributed by atoms with E-state index in [0.29, 0.717) is 43.2 Å². The number of hydrogen-bond donors (Lipinski definition) is 3. The molecule has 0 radical (unpaired) electrons. The summed E-state index contributed by atoms with van der Waals surface area (Å²) < 4.78 is 10.4. The Morgan fingerprint density at radius 2 is 1.81 bits per heavy atom. The number of H-pyrrole nitrogens is 2. The molecule has 2 aromatic heterocycles. The molecule has 0 amide bonds. The van der Waals surface area contributed by atoms with Crippen LogP contribution in [0.5, 0.6) is 0 Å². The first-order chi connectivity index (χ1) is 14.8. The highest BCUT2D eigenvalue weighted by Gasteiger charge is 2.36. The number of carbonyl (C=O) groups is 2. The average molecular weight is 441 g/mol. The highest BCUT2D eigenvalue weighted by Crippen LogP contribution is 2.48. The number of allylic oxidation sites excluding steroid dienone is 1. The number of carbonyl (C=O) groups excluding carboxylic acids is 2. The van der Waals surface area contributed by atoms with Crippen LogP contribution in [0.15, 0.2) is 45.1 Å². The summed E-state index contributed by atoms with van der Waals surface area (Å²) in [6.45, 7) is 3.66. The summed E-state index contributed by atoms with van der Waals surface area (Å²) >= 11 is 1.19. The van der Waals surface area contributed by atoms with Crippen molar-refractivity contribution >= 4 is 38.5 Å². The second-order valence-electron chi connectivity index (χ2n) is 6.89. The smallest absolute Gasteiger partial charge is 0.337 e. The molecule has 1 atom stereocenters. The zero-order valence-corrected chi connectivity index (χ0v) is 17.8. The lowest BCUT2D eigenvalue weighted by Gasteiger charge is -2.28. The van der Waals surface area contributed by atoms with Gasteiger partial charge in [-0.25, -0.2) is 14.4 Å². The molecule has 0 spiro atoms. The molecule has 0 fully saturated rings. The zero-order chi connectivity index (χ0) is 22.3. The molecule has 9 nitrogen and oxygen atoms in total. The normalized spacial score (nSPS) is 15.4. The van der Waals surface area contributed by atoms with Gasteiger partial charge in [-0.3, -0.25) is 9.78 Å². The Hall–Kier alpha value is -3.66. The number of nitrogens with one attached hydrogen (secondary N) is 3. The molecule has 31 heavy (non-hydrogen) atoms. The third-order valence-corrected chi connectivity index (χ3v) is 6.18. The Morgan fingerprint density at radius 1 is 1.10 bits per heavy atom. The predicted molar refractivity (Wildman–Crippen MR) is 116 cm³/mol. The maximum Gasteiger partial charge on any atom is 0.337 e. The van der Waals surface area contributed by atoms with Gasteiger partial charge in [0.15, 0.2) is 0 Å². The summed E-state index contributed by atoms with van der Waals surface area (Å²) in [7, 11) is 1.30. The summed E-state index contributed by atoms with van der Waals surface area (Å²) in [5.74, 6) is -1.60. The van der Waals surface area contributed by atoms with E-state index in [2.05, 4.69) is 15.3 Å². The van der Waals surface area contributed by atoms with E-state index in [4.69, 9.17) is 9.47 Å². The van der Waals surface area contributed by atoms with E-state index in [1.54, 1.807) is 38.1 Å². The lowest BCUT2D eigenvalue weighted by Crippen LogP contribution is -2.25. The molecule has 4 rings (SSSR count). The molecule has 0 aliphatic carbocycles. The van der Waals surface area contributed by atoms with Crippen LogP contribution in [0.2, 0.25) is 0 Å². The van der Waals surface area contributed by atoms with Crippen LogP contribution >= 0.6 is 11.3 Å². The number of aromatic amines is 2. The average Bonchev–Trinajstić information content (AvgIpc) is 3.10. The summed E-state index contributed by atoms with van der Waals surface area (Å²) in [5, 5.41) is 3.82. The molecule has 0 saturated carbocycles. The molecule has 1 aromatic carbocycles. The largest absolute Gasteiger partial charge is 0.465 e. The Morgan fingerprint density at radius 3 is 2.45 bits per heavy atom. The molecular formula is C21H19N3O6S. The van der Waals surface area contributed by atoms with Gasteiger partial charge in [-0.1, -0.05) is 12.1 Å². The van der Waals surface area contributed by atoms with E-state index in [9.17, 15) is 19.2 Å². The number of methoxy groups -OCH3 is 1. The van der Waals surface area contributed by atoms with Crippen molar-refractivity contribution in [2.24, 2.45) is 0 Å². The van der Waals surface area contributed by atoms with Crippen LogP contribution in [0.25, 0.3) is 10.2 Å². The molecule has 1 aliphatic rings. The van der Waals surface area contributed by atoms with Gasteiger partial charge in [0, 0.05) is 17.2 Å². The van der Waals surface area contributed by atoms with Crippen LogP contribution in [-0.2, 0) is 14.3 Å². The summed E-state index contributed by atoms with van der Waals surface area (Å²) in [6.07, 6.45) is 0. The zero-order valence-electron chi connectivity index (χ0n) is 17.0. The Balaban J connectivity index is 1.98. The van der Waals surface area contributed by atoms with E-state index in [-0.39, 0.29) is 6.61 Å². The fourth-order valence-corrected chi connectivity index (χ4v) is 4.89. The summed E-state index contributed by atoms with van der Waals surface area (Å²) in [5.41, 5.74) is 1.81. The molecule has 160 valence electrons. The van der Waals surface area contributed by atoms with E-state index in [0.717, 1.165) is 0 Å². The second kappa shape index (κ2) is 7.88. The highest BCUT2D eigenvalue weighted by molar-refractivity contribution is 7.23. The predicted octanol–water partition coefficient (Wildman–Crippen LogP) is 2.46. The van der Waals surface area contributed by atoms with Gasteiger partial charge in [-0.2, -0.15) is 0 Å². The minimum Gasteiger partial charge on any atom is -0.465 e. The maximum absolute atomic E-state index is 12.9. The SMILES string of the molecule is CCOC(=O)C1=C(C)Nc2sc3c(=O)[nH]c(=O)[nH]c3c2[C@H]1c1ccc(C(=O)OC)cc1. The van der Waals surface area contributed by atoms with Crippen LogP contribution in [0.3, 0.4) is 0 Å². The number of esters is 2. The number of fused-ring (bicyclic) bond motifs is 3. The third kappa shape index (κ3) is 3.44. The molecule has 10 heteroatoms. The van der Waals surface area contributed by atoms with Gasteiger partial charge in [0.2, 0.25) is 0 Å². The molecule has 0 bridgehead atoms. The number of rotatable bonds is 4. The Bertz CT molecular complexity index is 1350. The maximum atomic E-state index is 12.9. The summed E-state index contributed by atoms with van der Waals surface area (Å²) in [4.78, 5) is 54.0. The molecule has 1 aliphatic heterocycles. The van der Waals surface area contributed by atoms with Crippen molar-refractivity contribution in [1.82, 2.24) is 9.97 Å². The first-order valence-corrected chi connectivity index (χ1v) is 10.3. The van der Waals surface area contributed by atoms with Gasteiger partial charge in [0.05, 0.1) is 35.4 Å². The van der Waals surface area contributed by atoms with Gasteiger partial charge in [0.25, 0.3) is 5.56 Å². The molecule has 3 heterocycles. The number of thiophene rings is 1. The molecule has 0 saturated heterocycles. The molecule has 3 N–H and O–H groups in total. The number of ether oxygens (including phenoxy) is 2. The van der Waals surface area contributed by atoms with Crippen molar-refractivity contribution in [3.05, 3.63) is 73.1 Å². The monoisotopic (exact) mass is 441 g/mol. The topological polar surface area (TPSA) is 130 Å². The van der Waals surface area contributed by atoms with E-state index in [1.807, 2.05) is 0 Å². The van der Waals surface area contributed by atoms with Crippen molar-refractivity contribution in [2.75, 3.05) is 19.0 Å². The van der Waals surface area contributed by atoms with Gasteiger partial charge in [-0.15, -0.1) is 11.3 Å². The van der Waals surface area contributed by atoms with Crippen LogP contribution < -0.4 is 16.6 Å². The fourth-order valence-electron chi connectivity index (χ4n) is 3.74. The molecule has 3 aromatic rings. The van der Waals surface area contributed by atoms with Crippen molar-refractivity contribution in [1.29, 1.82) is 0 Å². The minimum absolute atomic E-state index is 0.192. The number of benzene rings is 1. The van der Waals surface area contributed by atoms with Gasteiger partial charge in [0.1, 0.15) is 4.70 Å². The van der Waals surface area contributed by atoms with Crippen LogP contribution in [0.4, 0.5) is 5.00 Å². The van der Waals surface area contributed by atoms with Crippen molar-refractivity contribution in [3.8, 4) is 0 Å². The number of hydrogen-bond acceptors (Lipinski definition) is 8. The van der Waals surface area contributed by atoms with E-state index < -0.39 is 29.1 Å². The van der Waals surface area contributed by atoms with Crippen molar-refractivity contribution in [2.45, 2.75) is 19.8 Å². The second-order valence-corrected chi connectivity index (χ2v) is 7.91. The first kappa shape index (κ1) is 20.6. The van der Waals surface area contributed by atoms with Gasteiger partial charge in [-0.05, 0) is 31.5 Å². The number of anilines is 1. The van der Waals surface area contributed by atoms with Crippen LogP contribution in [0, 0.1) is 0 Å². The minimum atomic E-state index is -0.637. The lowest BCUT2D eigenvalue weighted by molar-refractivity contribution is -0.138. The Labute approximate surface area is 179 Å². The quantitative estimate of drug-likeness (QED) is 0.530. The van der Waals surface area contributed by atoms with E-state index in [1.165, 1.54) is 18.4 Å². The number of aromatic nitrogens is 2. The van der Waals surface area contributed by atoms with Gasteiger partial charge >= 0.3 is 17.6 Å². The standard InChI is InChI=1S/C21H19N3O6S/c1-4-30-20(27)12-9(2)22-18-14(15-16(31-18)17(25)24-21(28)23-15)13(12)10-5-7-11(8-6-10)19(26)29-3/h5-8,13,22H,4H2,1-3H3,(H2,23,24,25,28)/t13-/m0/s1.